The fourth-order valence-electron chi connectivity index (χ4n) is 2.20. The molecular formula is C15H21N5O. The van der Waals surface area contributed by atoms with Crippen molar-refractivity contribution in [2.24, 2.45) is 5.73 Å². The quantitative estimate of drug-likeness (QED) is 0.625. The van der Waals surface area contributed by atoms with Gasteiger partial charge in [-0.15, -0.1) is 0 Å². The maximum Gasteiger partial charge on any atom is 0.150 e. The van der Waals surface area contributed by atoms with Crippen LogP contribution in [0.4, 0.5) is 0 Å². The fourth-order valence-corrected chi connectivity index (χ4v) is 2.20. The van der Waals surface area contributed by atoms with Gasteiger partial charge in [-0.3, -0.25) is 5.41 Å². The van der Waals surface area contributed by atoms with E-state index in [1.165, 1.54) is 0 Å². The lowest BCUT2D eigenvalue weighted by Gasteiger charge is -2.11. The molecule has 0 saturated carbocycles. The van der Waals surface area contributed by atoms with Crippen molar-refractivity contribution in [3.05, 3.63) is 41.0 Å². The summed E-state index contributed by atoms with van der Waals surface area (Å²) in [6.45, 7) is 4.65. The predicted octanol–water partition coefficient (Wildman–Crippen LogP) is 1.74. The number of nitrogens with two attached hydrogens (primary N) is 1. The second kappa shape index (κ2) is 6.39. The van der Waals surface area contributed by atoms with Gasteiger partial charge in [0.05, 0.1) is 13.7 Å². The van der Waals surface area contributed by atoms with Gasteiger partial charge in [-0.25, -0.2) is 9.67 Å². The predicted molar refractivity (Wildman–Crippen MR) is 81.9 cm³/mol. The molecule has 1 aromatic carbocycles. The number of ether oxygens (including phenoxy) is 1. The van der Waals surface area contributed by atoms with E-state index in [-0.39, 0.29) is 5.84 Å². The molecule has 0 atom stereocenters. The van der Waals surface area contributed by atoms with E-state index < -0.39 is 0 Å². The number of benzene rings is 1. The zero-order chi connectivity index (χ0) is 15.4. The third-order valence-corrected chi connectivity index (χ3v) is 3.34. The van der Waals surface area contributed by atoms with Crippen molar-refractivity contribution in [2.75, 3.05) is 7.11 Å². The van der Waals surface area contributed by atoms with Gasteiger partial charge in [0.1, 0.15) is 17.4 Å². The molecule has 6 nitrogen and oxygen atoms in total. The summed E-state index contributed by atoms with van der Waals surface area (Å²) in [6, 6.07) is 5.48. The molecule has 0 amide bonds. The Morgan fingerprint density at radius 1 is 1.33 bits per heavy atom. The monoisotopic (exact) mass is 287 g/mol. The summed E-state index contributed by atoms with van der Waals surface area (Å²) in [4.78, 5) is 4.50. The van der Waals surface area contributed by atoms with Crippen molar-refractivity contribution >= 4 is 5.84 Å². The van der Waals surface area contributed by atoms with Crippen LogP contribution in [0.5, 0.6) is 5.75 Å². The molecule has 3 N–H and O–H groups in total. The Labute approximate surface area is 124 Å². The summed E-state index contributed by atoms with van der Waals surface area (Å²) < 4.78 is 7.28. The van der Waals surface area contributed by atoms with Crippen LogP contribution in [0.2, 0.25) is 0 Å². The van der Waals surface area contributed by atoms with E-state index in [1.54, 1.807) is 13.2 Å². The molecule has 6 heteroatoms. The number of aryl methyl sites for hydroxylation is 2. The van der Waals surface area contributed by atoms with Crippen LogP contribution in [-0.4, -0.2) is 27.7 Å². The lowest BCUT2D eigenvalue weighted by Crippen LogP contribution is -2.13. The van der Waals surface area contributed by atoms with Crippen LogP contribution < -0.4 is 10.5 Å². The highest BCUT2D eigenvalue weighted by atomic mass is 16.5. The number of nitrogens with zero attached hydrogens (tertiary/aromatic N) is 3. The molecule has 1 aromatic heterocycles. The average Bonchev–Trinajstić information content (AvgIpc) is 2.89. The minimum Gasteiger partial charge on any atom is -0.496 e. The molecule has 0 bridgehead atoms. The molecule has 0 unspecified atom stereocenters. The largest absolute Gasteiger partial charge is 0.496 e. The summed E-state index contributed by atoms with van der Waals surface area (Å²) in [6.07, 6.45) is 1.63. The summed E-state index contributed by atoms with van der Waals surface area (Å²) in [5.74, 6) is 2.59. The number of aromatic nitrogens is 3. The summed E-state index contributed by atoms with van der Waals surface area (Å²) >= 11 is 0. The van der Waals surface area contributed by atoms with Crippen LogP contribution in [0.3, 0.4) is 0 Å². The van der Waals surface area contributed by atoms with Gasteiger partial charge in [0.2, 0.25) is 0 Å². The molecule has 0 aliphatic heterocycles. The number of hydrogen-bond donors (Lipinski definition) is 2. The number of methoxy groups -OCH3 is 1. The molecule has 2 aromatic rings. The first-order chi connectivity index (χ1) is 10.1. The van der Waals surface area contributed by atoms with E-state index in [0.717, 1.165) is 35.8 Å². The van der Waals surface area contributed by atoms with E-state index in [9.17, 15) is 0 Å². The standard InChI is InChI=1S/C15H21N5O/c1-4-13-18-14(5-2)20(19-13)9-11-8-10(15(16)17)6-7-12(11)21-3/h6-8H,4-5,9H2,1-3H3,(H3,16,17). The van der Waals surface area contributed by atoms with E-state index in [1.807, 2.05) is 23.7 Å². The molecule has 0 aliphatic rings. The van der Waals surface area contributed by atoms with Gasteiger partial charge < -0.3 is 10.5 Å². The van der Waals surface area contributed by atoms with Gasteiger partial charge in [-0.05, 0) is 18.2 Å². The van der Waals surface area contributed by atoms with E-state index in [4.69, 9.17) is 15.9 Å². The average molecular weight is 287 g/mol. The highest BCUT2D eigenvalue weighted by Gasteiger charge is 2.12. The third-order valence-electron chi connectivity index (χ3n) is 3.34. The Morgan fingerprint density at radius 2 is 2.10 bits per heavy atom. The molecule has 0 spiro atoms. The highest BCUT2D eigenvalue weighted by Crippen LogP contribution is 2.21. The van der Waals surface area contributed by atoms with Crippen LogP contribution in [0.15, 0.2) is 18.2 Å². The maximum absolute atomic E-state index is 7.55. The SMILES string of the molecule is CCc1nc(CC)n(Cc2cc(C(=N)N)ccc2OC)n1. The first-order valence-corrected chi connectivity index (χ1v) is 7.02. The first-order valence-electron chi connectivity index (χ1n) is 7.02. The van der Waals surface area contributed by atoms with Crippen molar-refractivity contribution in [3.63, 3.8) is 0 Å². The van der Waals surface area contributed by atoms with Crippen molar-refractivity contribution in [2.45, 2.75) is 33.2 Å². The molecule has 0 radical (unpaired) electrons. The van der Waals surface area contributed by atoms with Gasteiger partial charge in [0.25, 0.3) is 0 Å². The van der Waals surface area contributed by atoms with E-state index in [2.05, 4.69) is 17.0 Å². The number of hydrogen-bond acceptors (Lipinski definition) is 4. The van der Waals surface area contributed by atoms with Crippen LogP contribution >= 0.6 is 0 Å². The summed E-state index contributed by atoms with van der Waals surface area (Å²) in [7, 11) is 1.63. The minimum absolute atomic E-state index is 0.0439. The lowest BCUT2D eigenvalue weighted by molar-refractivity contribution is 0.407. The van der Waals surface area contributed by atoms with Crippen LogP contribution in [0, 0.1) is 5.41 Å². The number of nitrogen functional groups attached to an aromatic ring is 1. The zero-order valence-electron chi connectivity index (χ0n) is 12.7. The zero-order valence-corrected chi connectivity index (χ0v) is 12.7. The molecule has 0 fully saturated rings. The van der Waals surface area contributed by atoms with E-state index in [0.29, 0.717) is 12.1 Å². The minimum atomic E-state index is 0.0439. The molecule has 21 heavy (non-hydrogen) atoms. The van der Waals surface area contributed by atoms with Crippen molar-refractivity contribution < 1.29 is 4.74 Å². The number of nitrogens with one attached hydrogen (secondary N) is 1. The number of rotatable bonds is 6. The Hall–Kier alpha value is -2.37. The van der Waals surface area contributed by atoms with Crippen molar-refractivity contribution in [1.82, 2.24) is 14.8 Å². The smallest absolute Gasteiger partial charge is 0.150 e. The van der Waals surface area contributed by atoms with Crippen LogP contribution in [0.1, 0.15) is 36.6 Å². The lowest BCUT2D eigenvalue weighted by atomic mass is 10.1. The molecular weight excluding hydrogens is 266 g/mol. The Morgan fingerprint density at radius 3 is 2.67 bits per heavy atom. The van der Waals surface area contributed by atoms with E-state index >= 15 is 0 Å². The molecule has 112 valence electrons. The Kier molecular flexibility index (Phi) is 4.57. The Bertz CT molecular complexity index is 648. The Balaban J connectivity index is 2.39. The van der Waals surface area contributed by atoms with Gasteiger partial charge in [0, 0.05) is 24.0 Å². The summed E-state index contributed by atoms with van der Waals surface area (Å²) in [5.41, 5.74) is 7.17. The summed E-state index contributed by atoms with van der Waals surface area (Å²) in [5, 5.41) is 12.1. The third kappa shape index (κ3) is 3.21. The molecule has 0 saturated heterocycles. The van der Waals surface area contributed by atoms with Gasteiger partial charge in [-0.2, -0.15) is 5.10 Å². The molecule has 2 rings (SSSR count). The van der Waals surface area contributed by atoms with Crippen molar-refractivity contribution in [3.8, 4) is 5.75 Å². The van der Waals surface area contributed by atoms with Gasteiger partial charge in [0.15, 0.2) is 5.82 Å². The highest BCUT2D eigenvalue weighted by molar-refractivity contribution is 5.95. The fraction of sp³-hybridized carbons (Fsp3) is 0.400. The second-order valence-corrected chi connectivity index (χ2v) is 4.75. The normalized spacial score (nSPS) is 10.6. The van der Waals surface area contributed by atoms with Gasteiger partial charge in [-0.1, -0.05) is 13.8 Å². The van der Waals surface area contributed by atoms with Gasteiger partial charge >= 0.3 is 0 Å². The molecule has 0 aliphatic carbocycles. The topological polar surface area (TPSA) is 89.8 Å². The van der Waals surface area contributed by atoms with Crippen LogP contribution in [-0.2, 0) is 19.4 Å². The van der Waals surface area contributed by atoms with Crippen LogP contribution in [0.25, 0.3) is 0 Å². The van der Waals surface area contributed by atoms with Crippen molar-refractivity contribution in [1.29, 1.82) is 5.41 Å². The second-order valence-electron chi connectivity index (χ2n) is 4.75. The molecule has 1 heterocycles. The number of amidine groups is 1. The maximum atomic E-state index is 7.55. The first kappa shape index (κ1) is 15.0.